The van der Waals surface area contributed by atoms with Crippen LogP contribution in [0.3, 0.4) is 0 Å². The predicted octanol–water partition coefficient (Wildman–Crippen LogP) is 3.01. The number of aliphatic hydroxyl groups excluding tert-OH is 1. The summed E-state index contributed by atoms with van der Waals surface area (Å²) in [5, 5.41) is 27.4. The van der Waals surface area contributed by atoms with Crippen molar-refractivity contribution in [3.05, 3.63) is 94.6 Å². The highest BCUT2D eigenvalue weighted by molar-refractivity contribution is 6.33. The van der Waals surface area contributed by atoms with Gasteiger partial charge in [-0.3, -0.25) is 29.3 Å². The van der Waals surface area contributed by atoms with E-state index in [1.54, 1.807) is 54.4 Å². The second-order valence-electron chi connectivity index (χ2n) is 16.0. The average molecular weight is 956 g/mol. The van der Waals surface area contributed by atoms with Crippen LogP contribution in [-0.4, -0.2) is 152 Å². The number of carbonyl (C=O) groups is 6. The van der Waals surface area contributed by atoms with E-state index in [0.29, 0.717) is 66.0 Å². The minimum Gasteiger partial charge on any atom is -0.389 e. The van der Waals surface area contributed by atoms with Crippen molar-refractivity contribution >= 4 is 81.7 Å². The van der Waals surface area contributed by atoms with Crippen LogP contribution >= 0.6 is 11.6 Å². The fourth-order valence-electron chi connectivity index (χ4n) is 7.70. The molecule has 2 fully saturated rings. The van der Waals surface area contributed by atoms with E-state index < -0.39 is 18.1 Å². The number of halogens is 1. The van der Waals surface area contributed by atoms with Gasteiger partial charge in [0.05, 0.1) is 69.6 Å². The van der Waals surface area contributed by atoms with E-state index in [0.717, 1.165) is 11.4 Å². The summed E-state index contributed by atoms with van der Waals surface area (Å²) in [5.41, 5.74) is 4.41. The number of fused-ring (bicyclic) bond motifs is 1. The molecule has 2 atom stereocenters. The minimum atomic E-state index is -0.902. The molecule has 3 aliphatic rings. The third-order valence-electron chi connectivity index (χ3n) is 11.3. The number of imide groups is 1. The van der Waals surface area contributed by atoms with Crippen molar-refractivity contribution in [2.24, 2.45) is 0 Å². The summed E-state index contributed by atoms with van der Waals surface area (Å²) in [6, 6.07) is 18.8. The molecule has 4 heterocycles. The number of hydrogen-bond donors (Lipinski definition) is 7. The Morgan fingerprint density at radius 3 is 2.37 bits per heavy atom. The number of nitrogens with one attached hydrogen (secondary N) is 6. The Hall–Kier alpha value is -6.91. The molecule has 7 N–H and O–H groups in total. The summed E-state index contributed by atoms with van der Waals surface area (Å²) in [6.45, 7) is 3.71. The lowest BCUT2D eigenvalue weighted by molar-refractivity contribution is -0.137. The SMILES string of the molecule is CNC(=O)c1ccccc1Nc1nc(Nc2ccc(N3CCN(C(=O)NCC(O)COCCOCCOCCC(=O)Nc4ccc5c(c4)CN(C4CCC(=O)NC4=O)C5=O)CC3)cc2)ncc1Cl. The molecule has 22 heteroatoms. The van der Waals surface area contributed by atoms with E-state index >= 15 is 0 Å². The normalized spacial score (nSPS) is 16.2. The number of aromatic nitrogens is 2. The zero-order valence-corrected chi connectivity index (χ0v) is 38.2. The van der Waals surface area contributed by atoms with Crippen molar-refractivity contribution in [1.82, 2.24) is 35.7 Å². The van der Waals surface area contributed by atoms with Crippen LogP contribution < -0.4 is 36.8 Å². The zero-order chi connectivity index (χ0) is 48.0. The van der Waals surface area contributed by atoms with Gasteiger partial charge in [0.2, 0.25) is 23.7 Å². The number of nitrogens with zero attached hydrogens (tertiary/aromatic N) is 5. The number of benzene rings is 3. The smallest absolute Gasteiger partial charge is 0.317 e. The number of rotatable bonds is 21. The molecule has 0 spiro atoms. The maximum atomic E-state index is 12.9. The molecule has 7 amide bonds. The lowest BCUT2D eigenvalue weighted by atomic mass is 10.0. The van der Waals surface area contributed by atoms with Gasteiger partial charge in [0, 0.05) is 75.4 Å². The zero-order valence-electron chi connectivity index (χ0n) is 37.4. The van der Waals surface area contributed by atoms with Gasteiger partial charge < -0.3 is 60.6 Å². The van der Waals surface area contributed by atoms with Gasteiger partial charge >= 0.3 is 6.03 Å². The van der Waals surface area contributed by atoms with Crippen molar-refractivity contribution in [3.8, 4) is 0 Å². The van der Waals surface area contributed by atoms with Gasteiger partial charge in [-0.15, -0.1) is 0 Å². The molecule has 0 aliphatic carbocycles. The summed E-state index contributed by atoms with van der Waals surface area (Å²) in [5.74, 6) is -0.976. The second kappa shape index (κ2) is 23.7. The van der Waals surface area contributed by atoms with Crippen molar-refractivity contribution in [3.63, 3.8) is 0 Å². The van der Waals surface area contributed by atoms with E-state index in [-0.39, 0.29) is 107 Å². The van der Waals surface area contributed by atoms with Crippen molar-refractivity contribution in [2.45, 2.75) is 38.0 Å². The van der Waals surface area contributed by atoms with Crippen molar-refractivity contribution in [2.75, 3.05) is 100 Å². The van der Waals surface area contributed by atoms with Crippen LogP contribution in [0.1, 0.15) is 45.5 Å². The number of para-hydroxylation sites is 1. The standard InChI is InChI=1S/C46H54ClN11O10/c1-48-42(62)35-4-2-3-5-37(35)53-41-36(47)26-49-45(55-41)52-30-6-9-32(10-7-30)56-15-17-57(18-16-56)46(65)50-25-33(59)28-68-23-22-67-21-20-66-19-14-40(61)51-31-8-11-34-29(24-31)27-58(44(34)64)38-12-13-39(60)54-43(38)63/h2-11,24,26,33,38,59H,12-23,25,27-28H2,1H3,(H,48,62)(H,50,65)(H,51,61)(H,54,60,63)(H2,49,52,53,55). The van der Waals surface area contributed by atoms with E-state index in [9.17, 15) is 33.9 Å². The molecular weight excluding hydrogens is 902 g/mol. The summed E-state index contributed by atoms with van der Waals surface area (Å²) in [7, 11) is 1.56. The predicted molar refractivity (Wildman–Crippen MR) is 251 cm³/mol. The van der Waals surface area contributed by atoms with Crippen LogP contribution in [-0.2, 0) is 35.1 Å². The maximum absolute atomic E-state index is 12.9. The molecule has 21 nitrogen and oxygen atoms in total. The molecule has 2 saturated heterocycles. The first-order valence-corrected chi connectivity index (χ1v) is 22.6. The third-order valence-corrected chi connectivity index (χ3v) is 11.6. The van der Waals surface area contributed by atoms with Gasteiger partial charge in [-0.1, -0.05) is 23.7 Å². The number of piperazine rings is 1. The highest BCUT2D eigenvalue weighted by Crippen LogP contribution is 2.30. The molecule has 0 bridgehead atoms. The number of ether oxygens (including phenoxy) is 3. The van der Waals surface area contributed by atoms with Crippen LogP contribution in [0, 0.1) is 0 Å². The van der Waals surface area contributed by atoms with Gasteiger partial charge in [0.1, 0.15) is 11.1 Å². The van der Waals surface area contributed by atoms with Gasteiger partial charge in [0.25, 0.3) is 11.8 Å². The van der Waals surface area contributed by atoms with E-state index in [1.807, 2.05) is 24.3 Å². The van der Waals surface area contributed by atoms with Crippen LogP contribution in [0.25, 0.3) is 0 Å². The molecule has 1 aromatic heterocycles. The highest BCUT2D eigenvalue weighted by Gasteiger charge is 2.39. The Morgan fingerprint density at radius 1 is 0.897 bits per heavy atom. The van der Waals surface area contributed by atoms with E-state index in [4.69, 9.17) is 25.8 Å². The Morgan fingerprint density at radius 2 is 1.62 bits per heavy atom. The summed E-state index contributed by atoms with van der Waals surface area (Å²) < 4.78 is 16.5. The number of urea groups is 1. The Labute approximate surface area is 397 Å². The highest BCUT2D eigenvalue weighted by atomic mass is 35.5. The Balaban J connectivity index is 0.705. The number of piperidine rings is 1. The Kier molecular flexibility index (Phi) is 17.1. The first-order chi connectivity index (χ1) is 32.9. The summed E-state index contributed by atoms with van der Waals surface area (Å²) in [6.07, 6.45) is 1.12. The molecule has 3 aromatic carbocycles. The molecule has 360 valence electrons. The molecule has 0 radical (unpaired) electrons. The molecule has 0 saturated carbocycles. The summed E-state index contributed by atoms with van der Waals surface area (Å²) >= 11 is 6.38. The molecular formula is C46H54ClN11O10. The number of anilines is 6. The fourth-order valence-corrected chi connectivity index (χ4v) is 7.83. The maximum Gasteiger partial charge on any atom is 0.317 e. The van der Waals surface area contributed by atoms with Crippen molar-refractivity contribution < 1.29 is 48.1 Å². The quantitative estimate of drug-likeness (QED) is 0.0468. The molecule has 2 unspecified atom stereocenters. The number of carbonyl (C=O) groups excluding carboxylic acids is 6. The first-order valence-electron chi connectivity index (χ1n) is 22.2. The molecule has 68 heavy (non-hydrogen) atoms. The van der Waals surface area contributed by atoms with Crippen molar-refractivity contribution in [1.29, 1.82) is 0 Å². The van der Waals surface area contributed by atoms with E-state index in [1.165, 1.54) is 11.1 Å². The van der Waals surface area contributed by atoms with Crippen LogP contribution in [0.4, 0.5) is 39.3 Å². The lowest BCUT2D eigenvalue weighted by Crippen LogP contribution is -2.52. The lowest BCUT2D eigenvalue weighted by Gasteiger charge is -2.36. The van der Waals surface area contributed by atoms with Gasteiger partial charge in [-0.05, 0) is 66.6 Å². The largest absolute Gasteiger partial charge is 0.389 e. The van der Waals surface area contributed by atoms with Crippen LogP contribution in [0.5, 0.6) is 0 Å². The van der Waals surface area contributed by atoms with Gasteiger partial charge in [0.15, 0.2) is 5.82 Å². The van der Waals surface area contributed by atoms with Crippen LogP contribution in [0.2, 0.25) is 5.02 Å². The van der Waals surface area contributed by atoms with E-state index in [2.05, 4.69) is 46.8 Å². The Bertz CT molecular complexity index is 2460. The van der Waals surface area contributed by atoms with Gasteiger partial charge in [-0.2, -0.15) is 4.98 Å². The van der Waals surface area contributed by atoms with Gasteiger partial charge in [-0.25, -0.2) is 9.78 Å². The average Bonchev–Trinajstić information content (AvgIpc) is 3.66. The topological polar surface area (TPSA) is 258 Å². The number of amides is 7. The molecule has 3 aliphatic heterocycles. The molecule has 4 aromatic rings. The fraction of sp³-hybridized carbons (Fsp3) is 0.391. The van der Waals surface area contributed by atoms with Crippen LogP contribution in [0.15, 0.2) is 72.9 Å². The summed E-state index contributed by atoms with van der Waals surface area (Å²) in [4.78, 5) is 88.5. The number of aliphatic hydroxyl groups is 1. The monoisotopic (exact) mass is 955 g/mol. The molecule has 7 rings (SSSR count). The minimum absolute atomic E-state index is 0.0162. The second-order valence-corrected chi connectivity index (χ2v) is 16.4. The third kappa shape index (κ3) is 13.2. The number of hydrogen-bond acceptors (Lipinski definition) is 15. The first kappa shape index (κ1) is 49.0.